The van der Waals surface area contributed by atoms with Crippen molar-refractivity contribution in [3.8, 4) is 5.75 Å². The molecule has 0 radical (unpaired) electrons. The van der Waals surface area contributed by atoms with Crippen LogP contribution in [0.3, 0.4) is 0 Å². The summed E-state index contributed by atoms with van der Waals surface area (Å²) in [6.07, 6.45) is 7.48. The molecule has 1 aliphatic rings. The number of methoxy groups -OCH3 is 1. The second-order valence-electron chi connectivity index (χ2n) is 6.80. The normalized spacial score (nSPS) is 13.8. The average molecular weight is 358 g/mol. The molecule has 0 saturated heterocycles. The highest BCUT2D eigenvalue weighted by Crippen LogP contribution is 2.29. The summed E-state index contributed by atoms with van der Waals surface area (Å²) < 4.78 is 5.21. The van der Waals surface area contributed by atoms with E-state index in [1.807, 2.05) is 65.6 Å². The van der Waals surface area contributed by atoms with Crippen LogP contribution in [-0.4, -0.2) is 28.9 Å². The number of carbonyl (C=O) groups excluding carboxylic acids is 1. The van der Waals surface area contributed by atoms with E-state index in [1.165, 1.54) is 0 Å². The number of hydrogen-bond donors (Lipinski definition) is 0. The van der Waals surface area contributed by atoms with Gasteiger partial charge in [0.2, 0.25) is 5.91 Å². The number of rotatable bonds is 6. The van der Waals surface area contributed by atoms with Crippen molar-refractivity contribution in [1.82, 2.24) is 9.88 Å². The van der Waals surface area contributed by atoms with E-state index >= 15 is 0 Å². The number of aromatic nitrogens is 1. The molecular weight excluding hydrogens is 336 g/mol. The third-order valence-electron chi connectivity index (χ3n) is 4.85. The van der Waals surface area contributed by atoms with Gasteiger partial charge < -0.3 is 9.64 Å². The molecule has 3 aromatic rings. The summed E-state index contributed by atoms with van der Waals surface area (Å²) in [5.41, 5.74) is 2.98. The number of amides is 1. The molecule has 1 aromatic heterocycles. The van der Waals surface area contributed by atoms with Crippen molar-refractivity contribution in [3.05, 3.63) is 78.0 Å². The number of pyridine rings is 1. The molecule has 27 heavy (non-hydrogen) atoms. The van der Waals surface area contributed by atoms with Gasteiger partial charge in [0, 0.05) is 35.8 Å². The van der Waals surface area contributed by atoms with Crippen molar-refractivity contribution in [1.29, 1.82) is 0 Å². The highest BCUT2D eigenvalue weighted by Gasteiger charge is 2.31. The van der Waals surface area contributed by atoms with Crippen LogP contribution in [0.25, 0.3) is 17.0 Å². The fourth-order valence-corrected chi connectivity index (χ4v) is 3.22. The van der Waals surface area contributed by atoms with Gasteiger partial charge >= 0.3 is 0 Å². The second-order valence-corrected chi connectivity index (χ2v) is 6.80. The van der Waals surface area contributed by atoms with Gasteiger partial charge in [-0.1, -0.05) is 36.4 Å². The maximum atomic E-state index is 12.9. The molecule has 136 valence electrons. The Morgan fingerprint density at radius 1 is 1.15 bits per heavy atom. The number of fused-ring (bicyclic) bond motifs is 1. The first-order valence-electron chi connectivity index (χ1n) is 9.20. The van der Waals surface area contributed by atoms with Gasteiger partial charge in [-0.25, -0.2) is 0 Å². The zero-order valence-electron chi connectivity index (χ0n) is 15.3. The molecule has 0 N–H and O–H groups in total. The number of benzene rings is 2. The molecule has 0 bridgehead atoms. The Morgan fingerprint density at radius 2 is 1.93 bits per heavy atom. The Hall–Kier alpha value is -3.14. The van der Waals surface area contributed by atoms with Crippen molar-refractivity contribution in [2.24, 2.45) is 0 Å². The summed E-state index contributed by atoms with van der Waals surface area (Å²) in [5.74, 6) is 0.868. The lowest BCUT2D eigenvalue weighted by atomic mass is 10.1. The Labute approximate surface area is 159 Å². The van der Waals surface area contributed by atoms with Crippen LogP contribution >= 0.6 is 0 Å². The lowest BCUT2D eigenvalue weighted by Crippen LogP contribution is -2.31. The summed E-state index contributed by atoms with van der Waals surface area (Å²) >= 11 is 0. The molecule has 0 spiro atoms. The van der Waals surface area contributed by atoms with Gasteiger partial charge in [0.1, 0.15) is 5.75 Å². The first-order valence-corrected chi connectivity index (χ1v) is 9.20. The molecule has 1 fully saturated rings. The second kappa shape index (κ2) is 7.62. The minimum Gasteiger partial charge on any atom is -0.497 e. The molecule has 2 aromatic carbocycles. The van der Waals surface area contributed by atoms with Gasteiger partial charge in [0.05, 0.1) is 12.6 Å². The van der Waals surface area contributed by atoms with Crippen LogP contribution in [0.5, 0.6) is 5.75 Å². The third kappa shape index (κ3) is 4.00. The average Bonchev–Trinajstić information content (AvgIpc) is 3.56. The zero-order valence-corrected chi connectivity index (χ0v) is 15.3. The van der Waals surface area contributed by atoms with E-state index in [9.17, 15) is 4.79 Å². The maximum absolute atomic E-state index is 12.9. The standard InChI is InChI=1S/C23H22N2O2/c1-27-21-12-7-17(8-13-21)16-25(20-10-11-20)22(26)14-9-19-5-2-4-18-6-3-15-24-23(18)19/h2-9,12-15,20H,10-11,16H2,1H3/b14-9+. The topological polar surface area (TPSA) is 42.4 Å². The predicted octanol–water partition coefficient (Wildman–Crippen LogP) is 4.45. The summed E-state index contributed by atoms with van der Waals surface area (Å²) in [4.78, 5) is 19.3. The monoisotopic (exact) mass is 358 g/mol. The van der Waals surface area contributed by atoms with Crippen LogP contribution in [0.1, 0.15) is 24.0 Å². The van der Waals surface area contributed by atoms with Crippen LogP contribution in [-0.2, 0) is 11.3 Å². The zero-order chi connectivity index (χ0) is 18.6. The van der Waals surface area contributed by atoms with Gasteiger partial charge in [0.15, 0.2) is 0 Å². The van der Waals surface area contributed by atoms with E-state index in [0.717, 1.165) is 40.6 Å². The smallest absolute Gasteiger partial charge is 0.247 e. The largest absolute Gasteiger partial charge is 0.497 e. The van der Waals surface area contributed by atoms with Crippen molar-refractivity contribution in [2.45, 2.75) is 25.4 Å². The molecule has 4 rings (SSSR count). The molecule has 0 aliphatic heterocycles. The van der Waals surface area contributed by atoms with Crippen molar-refractivity contribution < 1.29 is 9.53 Å². The van der Waals surface area contributed by atoms with Crippen molar-refractivity contribution in [2.75, 3.05) is 7.11 Å². The van der Waals surface area contributed by atoms with Gasteiger partial charge in [-0.2, -0.15) is 0 Å². The molecule has 1 saturated carbocycles. The molecule has 1 aliphatic carbocycles. The van der Waals surface area contributed by atoms with Crippen molar-refractivity contribution >= 4 is 22.9 Å². The molecule has 1 heterocycles. The summed E-state index contributed by atoms with van der Waals surface area (Å²) in [6.45, 7) is 0.617. The molecule has 4 nitrogen and oxygen atoms in total. The number of ether oxygens (including phenoxy) is 1. The fraction of sp³-hybridized carbons (Fsp3) is 0.217. The quantitative estimate of drug-likeness (QED) is 0.612. The van der Waals surface area contributed by atoms with E-state index in [-0.39, 0.29) is 5.91 Å². The van der Waals surface area contributed by atoms with Crippen molar-refractivity contribution in [3.63, 3.8) is 0 Å². The number of carbonyl (C=O) groups is 1. The number of hydrogen-bond acceptors (Lipinski definition) is 3. The van der Waals surface area contributed by atoms with Crippen LogP contribution < -0.4 is 4.74 Å². The Kier molecular flexibility index (Phi) is 4.88. The van der Waals surface area contributed by atoms with E-state index in [0.29, 0.717) is 12.6 Å². The van der Waals surface area contributed by atoms with Gasteiger partial charge in [-0.3, -0.25) is 9.78 Å². The van der Waals surface area contributed by atoms with Gasteiger partial charge in [0.25, 0.3) is 0 Å². The molecular formula is C23H22N2O2. The molecule has 0 atom stereocenters. The number of nitrogens with zero attached hydrogens (tertiary/aromatic N) is 2. The van der Waals surface area contributed by atoms with Gasteiger partial charge in [-0.15, -0.1) is 0 Å². The number of para-hydroxylation sites is 1. The lowest BCUT2D eigenvalue weighted by Gasteiger charge is -2.21. The van der Waals surface area contributed by atoms with Crippen LogP contribution in [0.4, 0.5) is 0 Å². The van der Waals surface area contributed by atoms with E-state index < -0.39 is 0 Å². The third-order valence-corrected chi connectivity index (χ3v) is 4.85. The maximum Gasteiger partial charge on any atom is 0.247 e. The molecule has 4 heteroatoms. The summed E-state index contributed by atoms with van der Waals surface area (Å²) in [7, 11) is 1.65. The molecule has 0 unspecified atom stereocenters. The first kappa shape index (κ1) is 17.3. The van der Waals surface area contributed by atoms with E-state index in [1.54, 1.807) is 19.4 Å². The summed E-state index contributed by atoms with van der Waals surface area (Å²) in [5, 5.41) is 1.07. The first-order chi connectivity index (χ1) is 13.2. The van der Waals surface area contributed by atoms with E-state index in [4.69, 9.17) is 4.74 Å². The van der Waals surface area contributed by atoms with Crippen LogP contribution in [0.2, 0.25) is 0 Å². The Morgan fingerprint density at radius 3 is 2.67 bits per heavy atom. The highest BCUT2D eigenvalue weighted by atomic mass is 16.5. The lowest BCUT2D eigenvalue weighted by molar-refractivity contribution is -0.127. The minimum absolute atomic E-state index is 0.0428. The van der Waals surface area contributed by atoms with Gasteiger partial charge in [-0.05, 0) is 42.7 Å². The van der Waals surface area contributed by atoms with E-state index in [2.05, 4.69) is 4.98 Å². The Balaban J connectivity index is 1.52. The predicted molar refractivity (Wildman–Crippen MR) is 107 cm³/mol. The minimum atomic E-state index is 0.0428. The molecule has 1 amide bonds. The SMILES string of the molecule is COc1ccc(CN(C(=O)/C=C/c2cccc3cccnc23)C2CC2)cc1. The summed E-state index contributed by atoms with van der Waals surface area (Å²) in [6, 6.07) is 18.2. The fourth-order valence-electron chi connectivity index (χ4n) is 3.22. The Bertz CT molecular complexity index is 970. The van der Waals surface area contributed by atoms with Crippen LogP contribution in [0.15, 0.2) is 66.9 Å². The van der Waals surface area contributed by atoms with Crippen LogP contribution in [0, 0.1) is 0 Å². The highest BCUT2D eigenvalue weighted by molar-refractivity contribution is 5.95.